The predicted molar refractivity (Wildman–Crippen MR) is 89.2 cm³/mol. The third kappa shape index (κ3) is 3.86. The van der Waals surface area contributed by atoms with Crippen LogP contribution in [0.2, 0.25) is 0 Å². The molecule has 0 aromatic carbocycles. The van der Waals surface area contributed by atoms with Gasteiger partial charge in [-0.1, -0.05) is 34.6 Å². The Hall–Kier alpha value is -0.870. The molecular formula is C17H28N2OS. The zero-order valence-electron chi connectivity index (χ0n) is 13.8. The maximum absolute atomic E-state index is 12.8. The molecule has 1 saturated heterocycles. The molecule has 1 fully saturated rings. The Kier molecular flexibility index (Phi) is 5.10. The van der Waals surface area contributed by atoms with Gasteiger partial charge in [0.1, 0.15) is 6.17 Å². The summed E-state index contributed by atoms with van der Waals surface area (Å²) in [7, 11) is 0. The van der Waals surface area contributed by atoms with Gasteiger partial charge in [-0.25, -0.2) is 0 Å². The Morgan fingerprint density at radius 3 is 2.67 bits per heavy atom. The van der Waals surface area contributed by atoms with Crippen molar-refractivity contribution >= 4 is 17.2 Å². The third-order valence-corrected chi connectivity index (χ3v) is 5.07. The Labute approximate surface area is 132 Å². The van der Waals surface area contributed by atoms with Gasteiger partial charge in [0, 0.05) is 6.54 Å². The van der Waals surface area contributed by atoms with E-state index in [0.717, 1.165) is 19.4 Å². The molecule has 0 radical (unpaired) electrons. The van der Waals surface area contributed by atoms with Crippen LogP contribution in [0.15, 0.2) is 16.8 Å². The van der Waals surface area contributed by atoms with Gasteiger partial charge in [0.2, 0.25) is 5.91 Å². The molecule has 0 aliphatic carbocycles. The minimum Gasteiger partial charge on any atom is -0.321 e. The zero-order chi connectivity index (χ0) is 15.6. The topological polar surface area (TPSA) is 32.3 Å². The van der Waals surface area contributed by atoms with Crippen LogP contribution in [0.3, 0.4) is 0 Å². The fourth-order valence-corrected chi connectivity index (χ4v) is 3.45. The summed E-state index contributed by atoms with van der Waals surface area (Å²) in [4.78, 5) is 14.9. The van der Waals surface area contributed by atoms with Gasteiger partial charge in [0.05, 0.1) is 6.04 Å². The highest BCUT2D eigenvalue weighted by Gasteiger charge is 2.41. The maximum Gasteiger partial charge on any atom is 0.241 e. The first-order valence-electron chi connectivity index (χ1n) is 7.92. The molecule has 3 nitrogen and oxygen atoms in total. The first-order chi connectivity index (χ1) is 9.84. The summed E-state index contributed by atoms with van der Waals surface area (Å²) in [6.45, 7) is 11.8. The molecule has 1 aromatic heterocycles. The lowest BCUT2D eigenvalue weighted by molar-refractivity contribution is -0.131. The van der Waals surface area contributed by atoms with Crippen molar-refractivity contribution in [3.8, 4) is 0 Å². The maximum atomic E-state index is 12.8. The SMILES string of the molecule is CCC(C)(C)CN1C(=O)C(CC(C)C)NC1c1ccsc1. The van der Waals surface area contributed by atoms with E-state index in [0.29, 0.717) is 5.92 Å². The lowest BCUT2D eigenvalue weighted by Gasteiger charge is -2.32. The molecule has 0 bridgehead atoms. The van der Waals surface area contributed by atoms with E-state index in [4.69, 9.17) is 0 Å². The lowest BCUT2D eigenvalue weighted by atomic mass is 9.89. The molecule has 0 spiro atoms. The van der Waals surface area contributed by atoms with Gasteiger partial charge in [0.25, 0.3) is 0 Å². The molecule has 1 N–H and O–H groups in total. The third-order valence-electron chi connectivity index (χ3n) is 4.37. The van der Waals surface area contributed by atoms with E-state index in [1.54, 1.807) is 11.3 Å². The van der Waals surface area contributed by atoms with Crippen molar-refractivity contribution in [2.45, 2.75) is 59.7 Å². The van der Waals surface area contributed by atoms with E-state index >= 15 is 0 Å². The van der Waals surface area contributed by atoms with Crippen molar-refractivity contribution in [2.75, 3.05) is 6.54 Å². The van der Waals surface area contributed by atoms with Crippen LogP contribution in [-0.2, 0) is 4.79 Å². The molecule has 0 saturated carbocycles. The van der Waals surface area contributed by atoms with Crippen molar-refractivity contribution in [2.24, 2.45) is 11.3 Å². The van der Waals surface area contributed by atoms with Gasteiger partial charge < -0.3 is 4.90 Å². The minimum atomic E-state index is -0.0393. The summed E-state index contributed by atoms with van der Waals surface area (Å²) in [5, 5.41) is 7.79. The second-order valence-electron chi connectivity index (χ2n) is 7.29. The van der Waals surface area contributed by atoms with Crippen molar-refractivity contribution < 1.29 is 4.79 Å². The van der Waals surface area contributed by atoms with Crippen LogP contribution in [0, 0.1) is 11.3 Å². The number of hydrogen-bond acceptors (Lipinski definition) is 3. The van der Waals surface area contributed by atoms with Crippen LogP contribution in [0.1, 0.15) is 59.2 Å². The Morgan fingerprint density at radius 1 is 1.43 bits per heavy atom. The second kappa shape index (κ2) is 6.49. The number of thiophene rings is 1. The monoisotopic (exact) mass is 308 g/mol. The molecule has 4 heteroatoms. The molecule has 1 aromatic rings. The first-order valence-corrected chi connectivity index (χ1v) is 8.87. The fourth-order valence-electron chi connectivity index (χ4n) is 2.77. The van der Waals surface area contributed by atoms with Crippen molar-refractivity contribution in [1.82, 2.24) is 10.2 Å². The Balaban J connectivity index is 2.22. The fraction of sp³-hybridized carbons (Fsp3) is 0.706. The van der Waals surface area contributed by atoms with E-state index < -0.39 is 0 Å². The summed E-state index contributed by atoms with van der Waals surface area (Å²) in [5.41, 5.74) is 1.37. The van der Waals surface area contributed by atoms with E-state index in [-0.39, 0.29) is 23.5 Å². The van der Waals surface area contributed by atoms with E-state index in [1.165, 1.54) is 5.56 Å². The number of carbonyl (C=O) groups excluding carboxylic acids is 1. The van der Waals surface area contributed by atoms with Crippen LogP contribution in [0.4, 0.5) is 0 Å². The quantitative estimate of drug-likeness (QED) is 0.860. The zero-order valence-corrected chi connectivity index (χ0v) is 14.7. The van der Waals surface area contributed by atoms with Crippen molar-refractivity contribution in [3.05, 3.63) is 22.4 Å². The standard InChI is InChI=1S/C17H28N2OS/c1-6-17(4,5)11-19-15(13-7-8-21-10-13)18-14(16(19)20)9-12(2)3/h7-8,10,12,14-15,18H,6,9,11H2,1-5H3. The number of nitrogens with one attached hydrogen (secondary N) is 1. The highest BCUT2D eigenvalue weighted by atomic mass is 32.1. The molecule has 1 amide bonds. The average molecular weight is 308 g/mol. The van der Waals surface area contributed by atoms with E-state index in [2.05, 4.69) is 61.7 Å². The van der Waals surface area contributed by atoms with Gasteiger partial charge in [-0.15, -0.1) is 0 Å². The largest absolute Gasteiger partial charge is 0.321 e. The molecule has 2 rings (SSSR count). The Morgan fingerprint density at radius 2 is 2.14 bits per heavy atom. The molecule has 2 heterocycles. The molecule has 1 aliphatic heterocycles. The van der Waals surface area contributed by atoms with Crippen LogP contribution in [0.5, 0.6) is 0 Å². The van der Waals surface area contributed by atoms with Crippen molar-refractivity contribution in [1.29, 1.82) is 0 Å². The molecule has 21 heavy (non-hydrogen) atoms. The highest BCUT2D eigenvalue weighted by molar-refractivity contribution is 7.07. The summed E-state index contributed by atoms with van der Waals surface area (Å²) in [6, 6.07) is 2.09. The van der Waals surface area contributed by atoms with E-state index in [9.17, 15) is 4.79 Å². The van der Waals surface area contributed by atoms with E-state index in [1.807, 2.05) is 0 Å². The second-order valence-corrected chi connectivity index (χ2v) is 8.07. The smallest absolute Gasteiger partial charge is 0.241 e. The van der Waals surface area contributed by atoms with Crippen LogP contribution in [-0.4, -0.2) is 23.4 Å². The summed E-state index contributed by atoms with van der Waals surface area (Å²) < 4.78 is 0. The molecule has 2 unspecified atom stereocenters. The highest BCUT2D eigenvalue weighted by Crippen LogP contribution is 2.33. The van der Waals surface area contributed by atoms with Gasteiger partial charge in [-0.05, 0) is 46.6 Å². The van der Waals surface area contributed by atoms with Gasteiger partial charge in [0.15, 0.2) is 0 Å². The number of amides is 1. The molecular weight excluding hydrogens is 280 g/mol. The summed E-state index contributed by atoms with van der Waals surface area (Å²) >= 11 is 1.69. The van der Waals surface area contributed by atoms with Crippen LogP contribution in [0.25, 0.3) is 0 Å². The molecule has 2 atom stereocenters. The Bertz CT molecular complexity index is 467. The minimum absolute atomic E-state index is 0.0393. The lowest BCUT2D eigenvalue weighted by Crippen LogP contribution is -2.38. The number of carbonyl (C=O) groups is 1. The number of rotatable bonds is 6. The normalized spacial score (nSPS) is 23.3. The first kappa shape index (κ1) is 16.5. The van der Waals surface area contributed by atoms with Gasteiger partial charge in [-0.3, -0.25) is 10.1 Å². The number of nitrogens with zero attached hydrogens (tertiary/aromatic N) is 1. The average Bonchev–Trinajstić information content (AvgIpc) is 3.01. The predicted octanol–water partition coefficient (Wildman–Crippen LogP) is 4.03. The van der Waals surface area contributed by atoms with Crippen molar-refractivity contribution in [3.63, 3.8) is 0 Å². The molecule has 1 aliphatic rings. The van der Waals surface area contributed by atoms with Gasteiger partial charge in [-0.2, -0.15) is 11.3 Å². The van der Waals surface area contributed by atoms with Crippen LogP contribution < -0.4 is 5.32 Å². The van der Waals surface area contributed by atoms with Gasteiger partial charge >= 0.3 is 0 Å². The molecule has 118 valence electrons. The van der Waals surface area contributed by atoms with Crippen LogP contribution >= 0.6 is 11.3 Å². The summed E-state index contributed by atoms with van der Waals surface area (Å²) in [6.07, 6.45) is 2.02. The number of hydrogen-bond donors (Lipinski definition) is 1. The summed E-state index contributed by atoms with van der Waals surface area (Å²) in [5.74, 6) is 0.787.